The van der Waals surface area contributed by atoms with Crippen LogP contribution in [-0.4, -0.2) is 47.3 Å². The predicted octanol–water partition coefficient (Wildman–Crippen LogP) is 1.93. The first-order chi connectivity index (χ1) is 17.0. The molecular formula is C25H22N6O4. The van der Waals surface area contributed by atoms with Crippen molar-refractivity contribution in [1.82, 2.24) is 15.4 Å². The van der Waals surface area contributed by atoms with Gasteiger partial charge in [-0.2, -0.15) is 0 Å². The number of aromatic nitrogens is 2. The van der Waals surface area contributed by atoms with E-state index in [1.165, 1.54) is 12.4 Å². The van der Waals surface area contributed by atoms with Crippen molar-refractivity contribution in [1.29, 1.82) is 0 Å². The van der Waals surface area contributed by atoms with Gasteiger partial charge in [0.15, 0.2) is 0 Å². The van der Waals surface area contributed by atoms with Crippen LogP contribution < -0.4 is 31.5 Å². The largest absolute Gasteiger partial charge is 0.363 e. The van der Waals surface area contributed by atoms with Crippen LogP contribution in [-0.2, 0) is 0 Å². The molecule has 1 amide bonds. The summed E-state index contributed by atoms with van der Waals surface area (Å²) in [5, 5.41) is 11.9. The summed E-state index contributed by atoms with van der Waals surface area (Å²) in [5.74, 6) is -0.240. The van der Waals surface area contributed by atoms with E-state index in [0.717, 1.165) is 16.8 Å². The van der Waals surface area contributed by atoms with Gasteiger partial charge >= 0.3 is 0 Å². The first-order valence-electron chi connectivity index (χ1n) is 11.1. The number of nitrogens with one attached hydrogen (secondary N) is 2. The van der Waals surface area contributed by atoms with Gasteiger partial charge in [-0.1, -0.05) is 42.5 Å². The zero-order valence-corrected chi connectivity index (χ0v) is 18.6. The van der Waals surface area contributed by atoms with Crippen molar-refractivity contribution in [3.63, 3.8) is 0 Å². The van der Waals surface area contributed by atoms with Crippen molar-refractivity contribution in [3.8, 4) is 11.1 Å². The van der Waals surface area contributed by atoms with Crippen LogP contribution in [0, 0.1) is 0 Å². The van der Waals surface area contributed by atoms with Crippen LogP contribution in [0.4, 0.5) is 23.0 Å². The minimum atomic E-state index is -0.684. The van der Waals surface area contributed by atoms with Gasteiger partial charge in [0, 0.05) is 44.3 Å². The zero-order chi connectivity index (χ0) is 24.4. The highest BCUT2D eigenvalue weighted by molar-refractivity contribution is 5.92. The van der Waals surface area contributed by atoms with E-state index in [2.05, 4.69) is 15.3 Å². The summed E-state index contributed by atoms with van der Waals surface area (Å²) >= 11 is 0. The molecule has 0 unspecified atom stereocenters. The molecular weight excluding hydrogens is 448 g/mol. The van der Waals surface area contributed by atoms with Crippen molar-refractivity contribution < 1.29 is 10.0 Å². The van der Waals surface area contributed by atoms with E-state index in [1.807, 2.05) is 64.4 Å². The quantitative estimate of drug-likeness (QED) is 0.220. The molecule has 0 bridgehead atoms. The predicted molar refractivity (Wildman–Crippen MR) is 132 cm³/mol. The van der Waals surface area contributed by atoms with Gasteiger partial charge in [0.2, 0.25) is 5.95 Å². The van der Waals surface area contributed by atoms with Gasteiger partial charge in [-0.25, -0.2) is 15.4 Å². The SMILES string of the molecule is O=C(NO)c1cnc(N2CCN(c3c(Nc4cccc(-c5ccccc5)c4)c(=O)c3=O)CC2)nc1. The Balaban J connectivity index is 1.29. The fourth-order valence-electron chi connectivity index (χ4n) is 4.15. The number of benzene rings is 2. The summed E-state index contributed by atoms with van der Waals surface area (Å²) in [6.07, 6.45) is 2.67. The van der Waals surface area contributed by atoms with E-state index < -0.39 is 16.8 Å². The summed E-state index contributed by atoms with van der Waals surface area (Å²) < 4.78 is 0. The topological polar surface area (TPSA) is 128 Å². The molecule has 0 saturated carbocycles. The number of amides is 1. The van der Waals surface area contributed by atoms with E-state index >= 15 is 0 Å². The summed E-state index contributed by atoms with van der Waals surface area (Å²) in [7, 11) is 0. The Bertz CT molecular complexity index is 1420. The summed E-state index contributed by atoms with van der Waals surface area (Å²) in [4.78, 5) is 48.5. The first-order valence-corrected chi connectivity index (χ1v) is 11.1. The second-order valence-electron chi connectivity index (χ2n) is 8.14. The summed E-state index contributed by atoms with van der Waals surface area (Å²) in [6, 6.07) is 17.6. The second kappa shape index (κ2) is 9.35. The lowest BCUT2D eigenvalue weighted by molar-refractivity contribution is 0.0705. The Morgan fingerprint density at radius 2 is 1.49 bits per heavy atom. The van der Waals surface area contributed by atoms with Crippen LogP contribution in [0.2, 0.25) is 0 Å². The number of hydroxylamine groups is 1. The van der Waals surface area contributed by atoms with Gasteiger partial charge in [0.25, 0.3) is 16.8 Å². The van der Waals surface area contributed by atoms with Crippen molar-refractivity contribution >= 4 is 28.9 Å². The molecule has 3 aromatic carbocycles. The molecule has 0 radical (unpaired) electrons. The molecule has 1 fully saturated rings. The molecule has 2 heterocycles. The third kappa shape index (κ3) is 4.34. The van der Waals surface area contributed by atoms with E-state index in [4.69, 9.17) is 5.21 Å². The third-order valence-electron chi connectivity index (χ3n) is 6.00. The van der Waals surface area contributed by atoms with Crippen molar-refractivity contribution in [3.05, 3.63) is 93.0 Å². The molecule has 0 spiro atoms. The molecule has 35 heavy (non-hydrogen) atoms. The number of piperazine rings is 1. The van der Waals surface area contributed by atoms with Gasteiger partial charge in [-0.15, -0.1) is 0 Å². The number of nitrogens with zero attached hydrogens (tertiary/aromatic N) is 4. The van der Waals surface area contributed by atoms with Crippen LogP contribution in [0.3, 0.4) is 0 Å². The number of hydrogen-bond donors (Lipinski definition) is 3. The van der Waals surface area contributed by atoms with Gasteiger partial charge < -0.3 is 15.1 Å². The lowest BCUT2D eigenvalue weighted by Crippen LogP contribution is -2.51. The molecule has 176 valence electrons. The Hall–Kier alpha value is -4.57. The molecule has 10 nitrogen and oxygen atoms in total. The molecule has 3 N–H and O–H groups in total. The molecule has 4 aromatic rings. The molecule has 5 rings (SSSR count). The fraction of sp³-hybridized carbons (Fsp3) is 0.160. The number of rotatable bonds is 6. The highest BCUT2D eigenvalue weighted by Crippen LogP contribution is 2.28. The highest BCUT2D eigenvalue weighted by atomic mass is 16.5. The Morgan fingerprint density at radius 1 is 0.829 bits per heavy atom. The number of hydrogen-bond acceptors (Lipinski definition) is 9. The van der Waals surface area contributed by atoms with Crippen LogP contribution in [0.5, 0.6) is 0 Å². The van der Waals surface area contributed by atoms with Gasteiger partial charge in [-0.3, -0.25) is 19.6 Å². The minimum absolute atomic E-state index is 0.144. The van der Waals surface area contributed by atoms with Gasteiger partial charge in [0.05, 0.1) is 5.56 Å². The number of carbonyl (C=O) groups excluding carboxylic acids is 1. The highest BCUT2D eigenvalue weighted by Gasteiger charge is 2.29. The summed E-state index contributed by atoms with van der Waals surface area (Å²) in [6.45, 7) is 2.08. The molecule has 0 aliphatic carbocycles. The molecule has 0 atom stereocenters. The maximum atomic E-state index is 12.4. The van der Waals surface area contributed by atoms with Crippen molar-refractivity contribution in [2.75, 3.05) is 41.3 Å². The maximum Gasteiger partial charge on any atom is 0.277 e. The Morgan fingerprint density at radius 3 is 2.17 bits per heavy atom. The normalized spacial score (nSPS) is 13.6. The third-order valence-corrected chi connectivity index (χ3v) is 6.00. The number of anilines is 4. The van der Waals surface area contributed by atoms with Crippen molar-refractivity contribution in [2.45, 2.75) is 0 Å². The lowest BCUT2D eigenvalue weighted by Gasteiger charge is -2.37. The molecule has 1 aliphatic rings. The van der Waals surface area contributed by atoms with E-state index in [9.17, 15) is 14.4 Å². The zero-order valence-electron chi connectivity index (χ0n) is 18.6. The van der Waals surface area contributed by atoms with Crippen LogP contribution in [0.1, 0.15) is 10.4 Å². The molecule has 1 aromatic heterocycles. The molecule has 10 heteroatoms. The lowest BCUT2D eigenvalue weighted by atomic mass is 10.0. The van der Waals surface area contributed by atoms with E-state index in [1.54, 1.807) is 5.48 Å². The van der Waals surface area contributed by atoms with Crippen LogP contribution in [0.25, 0.3) is 11.1 Å². The average molecular weight is 470 g/mol. The second-order valence-corrected chi connectivity index (χ2v) is 8.14. The number of carbonyl (C=O) groups is 1. The fourth-order valence-corrected chi connectivity index (χ4v) is 4.15. The van der Waals surface area contributed by atoms with Gasteiger partial charge in [-0.05, 0) is 23.3 Å². The van der Waals surface area contributed by atoms with Gasteiger partial charge in [0.1, 0.15) is 11.4 Å². The maximum absolute atomic E-state index is 12.4. The van der Waals surface area contributed by atoms with Crippen LogP contribution in [0.15, 0.2) is 76.6 Å². The standard InChI is InChI=1S/C25H22N6O4/c32-22-20(28-19-8-4-7-17(13-19)16-5-2-1-3-6-16)21(23(22)33)30-9-11-31(12-10-30)25-26-14-18(15-27-25)24(34)29-35/h1-8,13-15,28,35H,9-12H2,(H,29,34). The monoisotopic (exact) mass is 470 g/mol. The Labute approximate surface area is 200 Å². The smallest absolute Gasteiger partial charge is 0.277 e. The minimum Gasteiger partial charge on any atom is -0.363 e. The van der Waals surface area contributed by atoms with E-state index in [-0.39, 0.29) is 5.56 Å². The Kier molecular flexibility index (Phi) is 5.94. The van der Waals surface area contributed by atoms with Crippen LogP contribution >= 0.6 is 0 Å². The molecule has 1 saturated heterocycles. The summed E-state index contributed by atoms with van der Waals surface area (Å²) in [5.41, 5.74) is 4.19. The first kappa shape index (κ1) is 22.2. The van der Waals surface area contributed by atoms with E-state index in [0.29, 0.717) is 43.5 Å². The average Bonchev–Trinajstić information content (AvgIpc) is 2.93. The van der Waals surface area contributed by atoms with Crippen molar-refractivity contribution in [2.24, 2.45) is 0 Å². The molecule has 1 aliphatic heterocycles.